The summed E-state index contributed by atoms with van der Waals surface area (Å²) in [6, 6.07) is 3.71. The Morgan fingerprint density at radius 2 is 2.05 bits per heavy atom. The number of nitrogen functional groups attached to an aromatic ring is 1. The number of esters is 1. The standard InChI is InChI=1S/C14H15N3O3S/c1-8(18)12-11(15)10(14(19)20-2)13(21-12)17-7-9-3-5-16-6-4-9/h3-6,17H,7,15H2,1-2H3. The molecule has 0 aliphatic heterocycles. The van der Waals surface area contributed by atoms with Crippen LogP contribution < -0.4 is 11.1 Å². The van der Waals surface area contributed by atoms with Gasteiger partial charge in [0.25, 0.3) is 0 Å². The second-order valence-corrected chi connectivity index (χ2v) is 5.33. The number of hydrogen-bond donors (Lipinski definition) is 2. The number of nitrogens with one attached hydrogen (secondary N) is 1. The fourth-order valence-electron chi connectivity index (χ4n) is 1.82. The van der Waals surface area contributed by atoms with E-state index in [1.165, 1.54) is 14.0 Å². The third-order valence-corrected chi connectivity index (χ3v) is 4.12. The molecule has 0 saturated heterocycles. The molecule has 2 rings (SSSR count). The lowest BCUT2D eigenvalue weighted by molar-refractivity contribution is 0.0603. The number of aromatic nitrogens is 1. The number of hydrogen-bond acceptors (Lipinski definition) is 7. The average Bonchev–Trinajstić information content (AvgIpc) is 2.82. The minimum atomic E-state index is -0.562. The first-order valence-corrected chi connectivity index (χ1v) is 7.00. The van der Waals surface area contributed by atoms with Crippen molar-refractivity contribution in [1.29, 1.82) is 0 Å². The summed E-state index contributed by atoms with van der Waals surface area (Å²) < 4.78 is 4.73. The van der Waals surface area contributed by atoms with Gasteiger partial charge in [-0.1, -0.05) is 0 Å². The molecular formula is C14H15N3O3S. The maximum Gasteiger partial charge on any atom is 0.343 e. The summed E-state index contributed by atoms with van der Waals surface area (Å²) in [7, 11) is 1.28. The van der Waals surface area contributed by atoms with Gasteiger partial charge in [-0.05, 0) is 17.7 Å². The number of carbonyl (C=O) groups is 2. The quantitative estimate of drug-likeness (QED) is 0.650. The molecule has 0 aliphatic carbocycles. The molecule has 0 bridgehead atoms. The van der Waals surface area contributed by atoms with Crippen LogP contribution in [0.2, 0.25) is 0 Å². The number of pyridine rings is 1. The second-order valence-electron chi connectivity index (χ2n) is 4.31. The van der Waals surface area contributed by atoms with Crippen molar-refractivity contribution in [3.63, 3.8) is 0 Å². The van der Waals surface area contributed by atoms with Gasteiger partial charge in [0.1, 0.15) is 10.6 Å². The highest BCUT2D eigenvalue weighted by atomic mass is 32.1. The minimum absolute atomic E-state index is 0.163. The molecule has 0 amide bonds. The van der Waals surface area contributed by atoms with E-state index in [4.69, 9.17) is 10.5 Å². The fraction of sp³-hybridized carbons (Fsp3) is 0.214. The molecule has 0 spiro atoms. The summed E-state index contributed by atoms with van der Waals surface area (Å²) in [5.74, 6) is -0.743. The van der Waals surface area contributed by atoms with E-state index in [1.807, 2.05) is 12.1 Å². The van der Waals surface area contributed by atoms with Gasteiger partial charge in [0.05, 0.1) is 17.7 Å². The van der Waals surface area contributed by atoms with E-state index in [9.17, 15) is 9.59 Å². The molecule has 110 valence electrons. The topological polar surface area (TPSA) is 94.3 Å². The van der Waals surface area contributed by atoms with E-state index in [1.54, 1.807) is 12.4 Å². The molecule has 2 aromatic heterocycles. The maximum atomic E-state index is 11.8. The number of methoxy groups -OCH3 is 1. The summed E-state index contributed by atoms with van der Waals surface area (Å²) in [6.07, 6.45) is 3.37. The lowest BCUT2D eigenvalue weighted by Crippen LogP contribution is -2.08. The molecule has 21 heavy (non-hydrogen) atoms. The Balaban J connectivity index is 2.31. The van der Waals surface area contributed by atoms with Crippen LogP contribution in [0.25, 0.3) is 0 Å². The van der Waals surface area contributed by atoms with Crippen LogP contribution in [0.5, 0.6) is 0 Å². The molecule has 0 saturated carbocycles. The summed E-state index contributed by atoms with van der Waals surface area (Å²) in [4.78, 5) is 27.7. The summed E-state index contributed by atoms with van der Waals surface area (Å²) >= 11 is 1.16. The molecule has 2 heterocycles. The molecule has 2 aromatic rings. The number of Topliss-reactive ketones (excluding diaryl/α,β-unsaturated/α-hetero) is 1. The van der Waals surface area contributed by atoms with Crippen molar-refractivity contribution in [1.82, 2.24) is 4.98 Å². The van der Waals surface area contributed by atoms with E-state index in [-0.39, 0.29) is 17.0 Å². The van der Waals surface area contributed by atoms with Crippen molar-refractivity contribution < 1.29 is 14.3 Å². The molecule has 0 fully saturated rings. The van der Waals surface area contributed by atoms with Crippen molar-refractivity contribution in [3.8, 4) is 0 Å². The van der Waals surface area contributed by atoms with Crippen LogP contribution in [-0.2, 0) is 11.3 Å². The Bertz CT molecular complexity index is 668. The Morgan fingerprint density at radius 1 is 1.38 bits per heavy atom. The first-order valence-electron chi connectivity index (χ1n) is 6.19. The predicted octanol–water partition coefficient (Wildman–Crippen LogP) is 2.33. The maximum absolute atomic E-state index is 11.8. The Hall–Kier alpha value is -2.41. The van der Waals surface area contributed by atoms with Crippen molar-refractivity contribution in [2.75, 3.05) is 18.2 Å². The molecular weight excluding hydrogens is 290 g/mol. The molecule has 0 unspecified atom stereocenters. The minimum Gasteiger partial charge on any atom is -0.465 e. The van der Waals surface area contributed by atoms with Crippen LogP contribution in [0.15, 0.2) is 24.5 Å². The number of ether oxygens (including phenoxy) is 1. The van der Waals surface area contributed by atoms with Crippen LogP contribution in [0.1, 0.15) is 32.5 Å². The van der Waals surface area contributed by atoms with E-state index in [2.05, 4.69) is 10.3 Å². The lowest BCUT2D eigenvalue weighted by Gasteiger charge is -2.06. The summed E-state index contributed by atoms with van der Waals surface area (Å²) in [6.45, 7) is 1.90. The zero-order valence-electron chi connectivity index (χ0n) is 11.7. The molecule has 3 N–H and O–H groups in total. The van der Waals surface area contributed by atoms with Gasteiger partial charge in [-0.15, -0.1) is 11.3 Å². The zero-order valence-corrected chi connectivity index (χ0v) is 12.5. The third kappa shape index (κ3) is 3.19. The highest BCUT2D eigenvalue weighted by Crippen LogP contribution is 2.36. The summed E-state index contributed by atoms with van der Waals surface area (Å²) in [5, 5.41) is 3.65. The van der Waals surface area contributed by atoms with E-state index < -0.39 is 5.97 Å². The lowest BCUT2D eigenvalue weighted by atomic mass is 10.2. The Labute approximate surface area is 125 Å². The predicted molar refractivity (Wildman–Crippen MR) is 81.6 cm³/mol. The summed E-state index contributed by atoms with van der Waals surface area (Å²) in [5.41, 5.74) is 7.26. The molecule has 0 aromatic carbocycles. The van der Waals surface area contributed by atoms with Gasteiger partial charge in [0.15, 0.2) is 5.78 Å². The van der Waals surface area contributed by atoms with Crippen LogP contribution in [0.4, 0.5) is 10.7 Å². The van der Waals surface area contributed by atoms with Crippen molar-refractivity contribution >= 4 is 33.8 Å². The van der Waals surface area contributed by atoms with Crippen LogP contribution in [0.3, 0.4) is 0 Å². The first kappa shape index (κ1) is 15.0. The molecule has 6 nitrogen and oxygen atoms in total. The number of carbonyl (C=O) groups excluding carboxylic acids is 2. The number of thiophene rings is 1. The number of nitrogens with two attached hydrogens (primary N) is 1. The normalized spacial score (nSPS) is 10.2. The molecule has 7 heteroatoms. The number of nitrogens with zero attached hydrogens (tertiary/aromatic N) is 1. The number of rotatable bonds is 5. The van der Waals surface area contributed by atoms with Crippen molar-refractivity contribution in [2.24, 2.45) is 0 Å². The number of anilines is 2. The van der Waals surface area contributed by atoms with Gasteiger partial charge in [-0.2, -0.15) is 0 Å². The van der Waals surface area contributed by atoms with Gasteiger partial charge >= 0.3 is 5.97 Å². The highest BCUT2D eigenvalue weighted by molar-refractivity contribution is 7.19. The Kier molecular flexibility index (Phi) is 4.54. The Morgan fingerprint density at radius 3 is 2.62 bits per heavy atom. The fourth-order valence-corrected chi connectivity index (χ4v) is 2.82. The number of ketones is 1. The van der Waals surface area contributed by atoms with Crippen molar-refractivity contribution in [2.45, 2.75) is 13.5 Å². The zero-order chi connectivity index (χ0) is 15.4. The third-order valence-electron chi connectivity index (χ3n) is 2.86. The molecule has 0 radical (unpaired) electrons. The van der Waals surface area contributed by atoms with Crippen LogP contribution in [-0.4, -0.2) is 23.8 Å². The van der Waals surface area contributed by atoms with Gasteiger partial charge in [0.2, 0.25) is 0 Å². The van der Waals surface area contributed by atoms with Crippen LogP contribution >= 0.6 is 11.3 Å². The van der Waals surface area contributed by atoms with Gasteiger partial charge in [-0.25, -0.2) is 4.79 Å². The first-order chi connectivity index (χ1) is 10.0. The van der Waals surface area contributed by atoms with E-state index in [0.29, 0.717) is 16.4 Å². The van der Waals surface area contributed by atoms with Crippen LogP contribution in [0, 0.1) is 0 Å². The monoisotopic (exact) mass is 305 g/mol. The highest BCUT2D eigenvalue weighted by Gasteiger charge is 2.24. The average molecular weight is 305 g/mol. The molecule has 0 aliphatic rings. The smallest absolute Gasteiger partial charge is 0.343 e. The van der Waals surface area contributed by atoms with Gasteiger partial charge < -0.3 is 15.8 Å². The largest absolute Gasteiger partial charge is 0.465 e. The second kappa shape index (κ2) is 6.36. The van der Waals surface area contributed by atoms with E-state index in [0.717, 1.165) is 16.9 Å². The van der Waals surface area contributed by atoms with Gasteiger partial charge in [0, 0.05) is 25.9 Å². The van der Waals surface area contributed by atoms with E-state index >= 15 is 0 Å². The van der Waals surface area contributed by atoms with Gasteiger partial charge in [-0.3, -0.25) is 9.78 Å². The SMILES string of the molecule is COC(=O)c1c(NCc2ccncc2)sc(C(C)=O)c1N. The molecule has 0 atom stereocenters. The van der Waals surface area contributed by atoms with Crippen molar-refractivity contribution in [3.05, 3.63) is 40.5 Å².